The minimum Gasteiger partial charge on any atom is -0.338 e. The lowest BCUT2D eigenvalue weighted by molar-refractivity contribution is 0.295. The summed E-state index contributed by atoms with van der Waals surface area (Å²) in [5.74, 6) is 2.32. The Morgan fingerprint density at radius 2 is 2.31 bits per heavy atom. The normalized spacial score (nSPS) is 21.6. The van der Waals surface area contributed by atoms with Gasteiger partial charge in [-0.15, -0.1) is 0 Å². The maximum atomic E-state index is 5.31. The van der Waals surface area contributed by atoms with E-state index in [1.54, 1.807) is 0 Å². The van der Waals surface area contributed by atoms with Crippen LogP contribution in [0.2, 0.25) is 0 Å². The number of aryl methyl sites for hydroxylation is 1. The van der Waals surface area contributed by atoms with E-state index in [0.29, 0.717) is 5.92 Å². The van der Waals surface area contributed by atoms with Gasteiger partial charge in [0.05, 0.1) is 6.04 Å². The third-order valence-corrected chi connectivity index (χ3v) is 3.04. The van der Waals surface area contributed by atoms with Crippen molar-refractivity contribution in [1.82, 2.24) is 15.5 Å². The van der Waals surface area contributed by atoms with Crippen molar-refractivity contribution in [3.63, 3.8) is 0 Å². The molecule has 0 aromatic carbocycles. The molecule has 1 aromatic rings. The number of hydrogen-bond donors (Lipinski definition) is 1. The van der Waals surface area contributed by atoms with Gasteiger partial charge in [0.1, 0.15) is 0 Å². The number of nitrogens with zero attached hydrogens (tertiary/aromatic N) is 2. The summed E-state index contributed by atoms with van der Waals surface area (Å²) in [5.41, 5.74) is 0. The summed E-state index contributed by atoms with van der Waals surface area (Å²) in [7, 11) is 0. The zero-order valence-electron chi connectivity index (χ0n) is 10.2. The Hall–Kier alpha value is -0.900. The van der Waals surface area contributed by atoms with E-state index in [-0.39, 0.29) is 6.04 Å². The van der Waals surface area contributed by atoms with Crippen LogP contribution in [0, 0.1) is 5.92 Å². The second-order valence-electron chi connectivity index (χ2n) is 4.98. The quantitative estimate of drug-likeness (QED) is 0.852. The molecule has 1 atom stereocenters. The fourth-order valence-electron chi connectivity index (χ4n) is 1.99. The maximum absolute atomic E-state index is 5.31. The summed E-state index contributed by atoms with van der Waals surface area (Å²) in [5, 5.41) is 7.45. The van der Waals surface area contributed by atoms with Gasteiger partial charge in [-0.25, -0.2) is 0 Å². The number of nitrogens with one attached hydrogen (secondary N) is 1. The van der Waals surface area contributed by atoms with Crippen LogP contribution >= 0.6 is 0 Å². The molecule has 2 rings (SSSR count). The first kappa shape index (κ1) is 11.6. The first-order valence-electron chi connectivity index (χ1n) is 6.31. The van der Waals surface area contributed by atoms with Crippen LogP contribution in [-0.4, -0.2) is 16.7 Å². The van der Waals surface area contributed by atoms with Crippen LogP contribution in [0.4, 0.5) is 0 Å². The van der Waals surface area contributed by atoms with E-state index in [9.17, 15) is 0 Å². The number of aromatic nitrogens is 2. The lowest BCUT2D eigenvalue weighted by atomic mass is 10.1. The van der Waals surface area contributed by atoms with E-state index in [1.807, 2.05) is 0 Å². The van der Waals surface area contributed by atoms with E-state index < -0.39 is 0 Å². The molecule has 1 fully saturated rings. The Bertz CT molecular complexity index is 316. The number of piperidine rings is 1. The molecule has 1 aliphatic rings. The Morgan fingerprint density at radius 1 is 1.44 bits per heavy atom. The standard InChI is InChI=1S/C12H21N3O/c1-9(2)6-7-11-14-12(16-15-11)10-5-3-4-8-13-10/h9-10,13H,3-8H2,1-2H3/t10-/m0/s1. The lowest BCUT2D eigenvalue weighted by Crippen LogP contribution is -2.27. The largest absolute Gasteiger partial charge is 0.338 e. The molecule has 0 amide bonds. The van der Waals surface area contributed by atoms with Crippen LogP contribution in [0.1, 0.15) is 57.3 Å². The maximum Gasteiger partial charge on any atom is 0.243 e. The van der Waals surface area contributed by atoms with Gasteiger partial charge in [-0.05, 0) is 31.7 Å². The zero-order chi connectivity index (χ0) is 11.4. The number of rotatable bonds is 4. The predicted molar refractivity (Wildman–Crippen MR) is 62.1 cm³/mol. The van der Waals surface area contributed by atoms with E-state index in [1.165, 1.54) is 12.8 Å². The molecule has 0 bridgehead atoms. The van der Waals surface area contributed by atoms with Crippen molar-refractivity contribution >= 4 is 0 Å². The highest BCUT2D eigenvalue weighted by molar-refractivity contribution is 4.94. The Balaban J connectivity index is 1.90. The van der Waals surface area contributed by atoms with Gasteiger partial charge in [0.25, 0.3) is 0 Å². The molecule has 4 nitrogen and oxygen atoms in total. The van der Waals surface area contributed by atoms with Crippen LogP contribution in [0.5, 0.6) is 0 Å². The first-order chi connectivity index (χ1) is 7.75. The fourth-order valence-corrected chi connectivity index (χ4v) is 1.99. The average molecular weight is 223 g/mol. The van der Waals surface area contributed by atoms with Gasteiger partial charge in [0, 0.05) is 6.42 Å². The molecular formula is C12H21N3O. The molecule has 1 aliphatic heterocycles. The summed E-state index contributed by atoms with van der Waals surface area (Å²) < 4.78 is 5.31. The fraction of sp³-hybridized carbons (Fsp3) is 0.833. The highest BCUT2D eigenvalue weighted by atomic mass is 16.5. The van der Waals surface area contributed by atoms with Crippen LogP contribution < -0.4 is 5.32 Å². The van der Waals surface area contributed by atoms with Crippen LogP contribution in [-0.2, 0) is 6.42 Å². The minimum absolute atomic E-state index is 0.286. The molecule has 2 heterocycles. The van der Waals surface area contributed by atoms with Crippen LogP contribution in [0.3, 0.4) is 0 Å². The van der Waals surface area contributed by atoms with Crippen molar-refractivity contribution in [2.45, 2.75) is 52.0 Å². The van der Waals surface area contributed by atoms with Gasteiger partial charge >= 0.3 is 0 Å². The van der Waals surface area contributed by atoms with Crippen molar-refractivity contribution in [2.24, 2.45) is 5.92 Å². The van der Waals surface area contributed by atoms with Gasteiger partial charge < -0.3 is 9.84 Å². The molecule has 0 saturated carbocycles. The van der Waals surface area contributed by atoms with E-state index >= 15 is 0 Å². The molecule has 1 N–H and O–H groups in total. The summed E-state index contributed by atoms with van der Waals surface area (Å²) in [6.07, 6.45) is 5.67. The van der Waals surface area contributed by atoms with Crippen molar-refractivity contribution in [3.05, 3.63) is 11.7 Å². The summed E-state index contributed by atoms with van der Waals surface area (Å²) >= 11 is 0. The van der Waals surface area contributed by atoms with Gasteiger partial charge in [-0.3, -0.25) is 0 Å². The zero-order valence-corrected chi connectivity index (χ0v) is 10.2. The van der Waals surface area contributed by atoms with Gasteiger partial charge in [0.2, 0.25) is 5.89 Å². The summed E-state index contributed by atoms with van der Waals surface area (Å²) in [6.45, 7) is 5.49. The average Bonchev–Trinajstić information content (AvgIpc) is 2.76. The molecule has 0 radical (unpaired) electrons. The molecule has 0 unspecified atom stereocenters. The van der Waals surface area contributed by atoms with Gasteiger partial charge in [-0.1, -0.05) is 25.4 Å². The Labute approximate surface area is 96.8 Å². The second-order valence-corrected chi connectivity index (χ2v) is 4.98. The smallest absolute Gasteiger partial charge is 0.243 e. The molecule has 16 heavy (non-hydrogen) atoms. The molecule has 1 saturated heterocycles. The highest BCUT2D eigenvalue weighted by Gasteiger charge is 2.20. The van der Waals surface area contributed by atoms with Crippen molar-refractivity contribution in [2.75, 3.05) is 6.54 Å². The summed E-state index contributed by atoms with van der Waals surface area (Å²) in [6, 6.07) is 0.286. The van der Waals surface area contributed by atoms with Crippen molar-refractivity contribution in [3.8, 4) is 0 Å². The minimum atomic E-state index is 0.286. The van der Waals surface area contributed by atoms with Crippen molar-refractivity contribution in [1.29, 1.82) is 0 Å². The Kier molecular flexibility index (Phi) is 3.93. The van der Waals surface area contributed by atoms with E-state index in [0.717, 1.165) is 37.5 Å². The third kappa shape index (κ3) is 3.04. The highest BCUT2D eigenvalue weighted by Crippen LogP contribution is 2.21. The SMILES string of the molecule is CC(C)CCc1noc([C@@H]2CCCCN2)n1. The molecule has 0 spiro atoms. The first-order valence-corrected chi connectivity index (χ1v) is 6.31. The predicted octanol–water partition coefficient (Wildman–Crippen LogP) is 2.47. The second kappa shape index (κ2) is 5.43. The monoisotopic (exact) mass is 223 g/mol. The summed E-state index contributed by atoms with van der Waals surface area (Å²) in [4.78, 5) is 4.47. The molecule has 90 valence electrons. The van der Waals surface area contributed by atoms with Crippen molar-refractivity contribution < 1.29 is 4.52 Å². The lowest BCUT2D eigenvalue weighted by Gasteiger charge is -2.19. The van der Waals surface area contributed by atoms with E-state index in [4.69, 9.17) is 4.52 Å². The Morgan fingerprint density at radius 3 is 3.00 bits per heavy atom. The van der Waals surface area contributed by atoms with Gasteiger partial charge in [-0.2, -0.15) is 4.98 Å². The molecule has 4 heteroatoms. The third-order valence-electron chi connectivity index (χ3n) is 3.04. The van der Waals surface area contributed by atoms with Gasteiger partial charge in [0.15, 0.2) is 5.82 Å². The molecule has 1 aromatic heterocycles. The molecule has 0 aliphatic carbocycles. The van der Waals surface area contributed by atoms with Crippen LogP contribution in [0.15, 0.2) is 4.52 Å². The van der Waals surface area contributed by atoms with Crippen LogP contribution in [0.25, 0.3) is 0 Å². The van der Waals surface area contributed by atoms with E-state index in [2.05, 4.69) is 29.3 Å². The number of hydrogen-bond acceptors (Lipinski definition) is 4. The topological polar surface area (TPSA) is 51.0 Å². The molecular weight excluding hydrogens is 202 g/mol.